The molecule has 0 aliphatic carbocycles. The highest BCUT2D eigenvalue weighted by Crippen LogP contribution is 2.29. The van der Waals surface area contributed by atoms with Gasteiger partial charge in [-0.15, -0.1) is 11.3 Å². The summed E-state index contributed by atoms with van der Waals surface area (Å²) < 4.78 is 6.96. The Kier molecular flexibility index (Phi) is 4.96. The first-order valence-corrected chi connectivity index (χ1v) is 7.78. The molecule has 0 bridgehead atoms. The standard InChI is InChI=1S/C14H17BrN2OS/c1-9-8-19-14(17-9)7-18-13-5-4-11(15)6-12(13)10(2)16-3/h4-6,8,10,16H,7H2,1-3H3. The lowest BCUT2D eigenvalue weighted by molar-refractivity contribution is 0.299. The summed E-state index contributed by atoms with van der Waals surface area (Å²) in [6.45, 7) is 4.62. The minimum Gasteiger partial charge on any atom is -0.486 e. The molecule has 19 heavy (non-hydrogen) atoms. The highest BCUT2D eigenvalue weighted by atomic mass is 79.9. The summed E-state index contributed by atoms with van der Waals surface area (Å²) in [5.41, 5.74) is 2.19. The van der Waals surface area contributed by atoms with Crippen LogP contribution in [0.3, 0.4) is 0 Å². The molecule has 0 aliphatic heterocycles. The Labute approximate surface area is 126 Å². The topological polar surface area (TPSA) is 34.1 Å². The molecule has 0 fully saturated rings. The molecule has 3 nitrogen and oxygen atoms in total. The van der Waals surface area contributed by atoms with Crippen LogP contribution < -0.4 is 10.1 Å². The van der Waals surface area contributed by atoms with E-state index < -0.39 is 0 Å². The number of nitrogens with one attached hydrogen (secondary N) is 1. The van der Waals surface area contributed by atoms with Crippen molar-refractivity contribution in [2.45, 2.75) is 26.5 Å². The highest BCUT2D eigenvalue weighted by molar-refractivity contribution is 9.10. The largest absolute Gasteiger partial charge is 0.486 e. The summed E-state index contributed by atoms with van der Waals surface area (Å²) >= 11 is 5.13. The molecule has 5 heteroatoms. The SMILES string of the molecule is CNC(C)c1cc(Br)ccc1OCc1nc(C)cs1. The minimum absolute atomic E-state index is 0.241. The van der Waals surface area contributed by atoms with Crippen molar-refractivity contribution < 1.29 is 4.74 Å². The molecule has 1 atom stereocenters. The van der Waals surface area contributed by atoms with E-state index in [-0.39, 0.29) is 6.04 Å². The van der Waals surface area contributed by atoms with Gasteiger partial charge in [0.1, 0.15) is 17.4 Å². The van der Waals surface area contributed by atoms with Gasteiger partial charge < -0.3 is 10.1 Å². The predicted molar refractivity (Wildman–Crippen MR) is 82.8 cm³/mol. The van der Waals surface area contributed by atoms with E-state index in [1.807, 2.05) is 31.5 Å². The molecule has 1 aromatic carbocycles. The number of aryl methyl sites for hydroxylation is 1. The Morgan fingerprint density at radius 3 is 2.89 bits per heavy atom. The van der Waals surface area contributed by atoms with Gasteiger partial charge >= 0.3 is 0 Å². The van der Waals surface area contributed by atoms with Crippen LogP contribution in [0, 0.1) is 6.92 Å². The molecule has 1 aromatic heterocycles. The maximum Gasteiger partial charge on any atom is 0.140 e. The minimum atomic E-state index is 0.241. The van der Waals surface area contributed by atoms with Gasteiger partial charge in [-0.3, -0.25) is 0 Å². The molecular formula is C14H17BrN2OS. The second kappa shape index (κ2) is 6.50. The van der Waals surface area contributed by atoms with Crippen molar-refractivity contribution in [2.75, 3.05) is 7.05 Å². The maximum atomic E-state index is 5.90. The lowest BCUT2D eigenvalue weighted by atomic mass is 10.1. The molecule has 2 aromatic rings. The van der Waals surface area contributed by atoms with Gasteiger partial charge in [0.05, 0.1) is 0 Å². The van der Waals surface area contributed by atoms with Gasteiger partial charge in [-0.25, -0.2) is 4.98 Å². The van der Waals surface area contributed by atoms with E-state index >= 15 is 0 Å². The third-order valence-electron chi connectivity index (χ3n) is 2.89. The fourth-order valence-corrected chi connectivity index (χ4v) is 2.81. The number of aromatic nitrogens is 1. The monoisotopic (exact) mass is 340 g/mol. The summed E-state index contributed by atoms with van der Waals surface area (Å²) in [6.07, 6.45) is 0. The number of ether oxygens (including phenoxy) is 1. The fraction of sp³-hybridized carbons (Fsp3) is 0.357. The first-order chi connectivity index (χ1) is 9.10. The van der Waals surface area contributed by atoms with Crippen LogP contribution in [0.1, 0.15) is 29.2 Å². The Hall–Kier alpha value is -0.910. The summed E-state index contributed by atoms with van der Waals surface area (Å²) in [5.74, 6) is 0.901. The van der Waals surface area contributed by atoms with Crippen LogP contribution in [-0.2, 0) is 6.61 Å². The summed E-state index contributed by atoms with van der Waals surface area (Å²) in [6, 6.07) is 6.32. The van der Waals surface area contributed by atoms with Crippen LogP contribution in [0.5, 0.6) is 5.75 Å². The van der Waals surface area contributed by atoms with E-state index in [0.29, 0.717) is 6.61 Å². The Morgan fingerprint density at radius 2 is 2.26 bits per heavy atom. The van der Waals surface area contributed by atoms with Crippen molar-refractivity contribution in [1.29, 1.82) is 0 Å². The second-order valence-electron chi connectivity index (χ2n) is 4.36. The molecule has 0 spiro atoms. The van der Waals surface area contributed by atoms with Gasteiger partial charge in [-0.2, -0.15) is 0 Å². The summed E-state index contributed by atoms with van der Waals surface area (Å²) in [5, 5.41) is 6.28. The van der Waals surface area contributed by atoms with E-state index in [1.54, 1.807) is 11.3 Å². The molecule has 1 heterocycles. The van der Waals surface area contributed by atoms with Crippen LogP contribution in [0.2, 0.25) is 0 Å². The van der Waals surface area contributed by atoms with Crippen molar-refractivity contribution in [3.05, 3.63) is 44.3 Å². The molecule has 0 amide bonds. The molecule has 1 unspecified atom stereocenters. The molecule has 1 N–H and O–H groups in total. The first-order valence-electron chi connectivity index (χ1n) is 6.10. The summed E-state index contributed by atoms with van der Waals surface area (Å²) in [4.78, 5) is 4.41. The van der Waals surface area contributed by atoms with Gasteiger partial charge in [0.25, 0.3) is 0 Å². The zero-order valence-corrected chi connectivity index (χ0v) is 13.6. The van der Waals surface area contributed by atoms with Crippen molar-refractivity contribution in [1.82, 2.24) is 10.3 Å². The van der Waals surface area contributed by atoms with Gasteiger partial charge in [-0.1, -0.05) is 15.9 Å². The quantitative estimate of drug-likeness (QED) is 0.890. The molecular weight excluding hydrogens is 324 g/mol. The number of rotatable bonds is 5. The lowest BCUT2D eigenvalue weighted by Gasteiger charge is -2.16. The lowest BCUT2D eigenvalue weighted by Crippen LogP contribution is -2.13. The van der Waals surface area contributed by atoms with Crippen molar-refractivity contribution in [2.24, 2.45) is 0 Å². The van der Waals surface area contributed by atoms with Gasteiger partial charge in [0, 0.05) is 27.2 Å². The van der Waals surface area contributed by atoms with E-state index in [1.165, 1.54) is 0 Å². The predicted octanol–water partition coefficient (Wildman–Crippen LogP) is 4.07. The van der Waals surface area contributed by atoms with E-state index in [9.17, 15) is 0 Å². The van der Waals surface area contributed by atoms with Crippen LogP contribution in [0.4, 0.5) is 0 Å². The Balaban J connectivity index is 2.15. The van der Waals surface area contributed by atoms with Crippen LogP contribution in [0.15, 0.2) is 28.1 Å². The molecule has 102 valence electrons. The number of benzene rings is 1. The fourth-order valence-electron chi connectivity index (χ4n) is 1.75. The van der Waals surface area contributed by atoms with Gasteiger partial charge in [0.2, 0.25) is 0 Å². The molecule has 0 saturated heterocycles. The average Bonchev–Trinajstić information content (AvgIpc) is 2.82. The zero-order chi connectivity index (χ0) is 13.8. The third-order valence-corrected chi connectivity index (χ3v) is 4.32. The van der Waals surface area contributed by atoms with Crippen molar-refractivity contribution in [3.63, 3.8) is 0 Å². The zero-order valence-electron chi connectivity index (χ0n) is 11.2. The molecule has 0 saturated carbocycles. The summed E-state index contributed by atoms with van der Waals surface area (Å²) in [7, 11) is 1.94. The number of nitrogens with zero attached hydrogens (tertiary/aromatic N) is 1. The van der Waals surface area contributed by atoms with Crippen LogP contribution in [0.25, 0.3) is 0 Å². The number of thiazole rings is 1. The molecule has 0 aliphatic rings. The Bertz CT molecular complexity index is 556. The third kappa shape index (κ3) is 3.78. The second-order valence-corrected chi connectivity index (χ2v) is 6.22. The normalized spacial score (nSPS) is 12.4. The van der Waals surface area contributed by atoms with Gasteiger partial charge in [-0.05, 0) is 39.1 Å². The molecule has 0 radical (unpaired) electrons. The average molecular weight is 341 g/mol. The van der Waals surface area contributed by atoms with E-state index in [0.717, 1.165) is 26.5 Å². The molecule has 2 rings (SSSR count). The van der Waals surface area contributed by atoms with E-state index in [2.05, 4.69) is 39.2 Å². The van der Waals surface area contributed by atoms with Crippen LogP contribution >= 0.6 is 27.3 Å². The van der Waals surface area contributed by atoms with Crippen molar-refractivity contribution in [3.8, 4) is 5.75 Å². The number of hydrogen-bond donors (Lipinski definition) is 1. The highest BCUT2D eigenvalue weighted by Gasteiger charge is 2.11. The smallest absolute Gasteiger partial charge is 0.140 e. The van der Waals surface area contributed by atoms with Gasteiger partial charge in [0.15, 0.2) is 0 Å². The number of hydrogen-bond acceptors (Lipinski definition) is 4. The van der Waals surface area contributed by atoms with Crippen molar-refractivity contribution >= 4 is 27.3 Å². The number of halogens is 1. The Morgan fingerprint density at radius 1 is 1.47 bits per heavy atom. The van der Waals surface area contributed by atoms with E-state index in [4.69, 9.17) is 4.74 Å². The first kappa shape index (κ1) is 14.5. The van der Waals surface area contributed by atoms with Crippen LogP contribution in [-0.4, -0.2) is 12.0 Å². The maximum absolute atomic E-state index is 5.90.